The van der Waals surface area contributed by atoms with Crippen LogP contribution in [0, 0.1) is 0 Å². The molecule has 0 heterocycles. The standard InChI is InChI=1S/C28H50OS2/c1-5-7-9-11-13-15-19-30-22-24(3)26-17-18-28(29)27(21-26)25(4)23-31-20-16-14-12-10-8-6-2/h17-18,21,24-25,29H,5-16,19-20,22-23H2,1-4H3. The van der Waals surface area contributed by atoms with Gasteiger partial charge in [-0.15, -0.1) is 0 Å². The molecular weight excluding hydrogens is 416 g/mol. The first-order valence-corrected chi connectivity index (χ1v) is 15.4. The lowest BCUT2D eigenvalue weighted by atomic mass is 9.95. The van der Waals surface area contributed by atoms with Crippen LogP contribution in [0.4, 0.5) is 0 Å². The molecule has 2 atom stereocenters. The van der Waals surface area contributed by atoms with E-state index in [1.165, 1.54) is 99.9 Å². The lowest BCUT2D eigenvalue weighted by molar-refractivity contribution is 0.464. The zero-order valence-corrected chi connectivity index (χ0v) is 22.6. The Morgan fingerprint density at radius 3 is 1.71 bits per heavy atom. The van der Waals surface area contributed by atoms with Crippen LogP contribution in [0.5, 0.6) is 5.75 Å². The Labute approximate surface area is 203 Å². The monoisotopic (exact) mass is 466 g/mol. The van der Waals surface area contributed by atoms with Gasteiger partial charge in [-0.3, -0.25) is 0 Å². The van der Waals surface area contributed by atoms with Gasteiger partial charge in [0.25, 0.3) is 0 Å². The number of aromatic hydroxyl groups is 1. The Morgan fingerprint density at radius 1 is 0.677 bits per heavy atom. The fourth-order valence-electron chi connectivity index (χ4n) is 3.95. The van der Waals surface area contributed by atoms with Crippen molar-refractivity contribution in [3.8, 4) is 5.75 Å². The highest BCUT2D eigenvalue weighted by Gasteiger charge is 2.14. The van der Waals surface area contributed by atoms with Gasteiger partial charge in [-0.05, 0) is 59.1 Å². The van der Waals surface area contributed by atoms with E-state index in [1.807, 2.05) is 6.07 Å². The number of benzene rings is 1. The summed E-state index contributed by atoms with van der Waals surface area (Å²) in [6.45, 7) is 9.16. The highest BCUT2D eigenvalue weighted by Crippen LogP contribution is 2.32. The van der Waals surface area contributed by atoms with Gasteiger partial charge in [-0.25, -0.2) is 0 Å². The van der Waals surface area contributed by atoms with Crippen LogP contribution in [0.3, 0.4) is 0 Å². The molecule has 0 spiro atoms. The Morgan fingerprint density at radius 2 is 1.16 bits per heavy atom. The van der Waals surface area contributed by atoms with Gasteiger partial charge in [0.2, 0.25) is 0 Å². The average molecular weight is 467 g/mol. The number of thioether (sulfide) groups is 2. The van der Waals surface area contributed by atoms with Crippen molar-refractivity contribution in [2.24, 2.45) is 0 Å². The highest BCUT2D eigenvalue weighted by atomic mass is 32.2. The first-order valence-electron chi connectivity index (χ1n) is 13.1. The first kappa shape index (κ1) is 28.8. The predicted octanol–water partition coefficient (Wildman–Crippen LogP) is 9.79. The molecule has 1 nitrogen and oxygen atoms in total. The molecule has 0 saturated heterocycles. The van der Waals surface area contributed by atoms with Crippen molar-refractivity contribution in [3.05, 3.63) is 29.3 Å². The van der Waals surface area contributed by atoms with E-state index in [0.29, 0.717) is 17.6 Å². The summed E-state index contributed by atoms with van der Waals surface area (Å²) in [5.41, 5.74) is 2.52. The van der Waals surface area contributed by atoms with Gasteiger partial charge >= 0.3 is 0 Å². The molecule has 2 unspecified atom stereocenters. The molecule has 0 saturated carbocycles. The SMILES string of the molecule is CCCCCCCCSCC(C)c1ccc(O)c(C(C)CSCCCCCCCC)c1. The van der Waals surface area contributed by atoms with Gasteiger partial charge in [0, 0.05) is 5.75 Å². The Hall–Kier alpha value is -0.280. The van der Waals surface area contributed by atoms with Crippen LogP contribution in [-0.2, 0) is 0 Å². The molecule has 180 valence electrons. The van der Waals surface area contributed by atoms with Crippen molar-refractivity contribution in [1.82, 2.24) is 0 Å². The Kier molecular flexibility index (Phi) is 17.8. The van der Waals surface area contributed by atoms with Gasteiger partial charge in [-0.2, -0.15) is 23.5 Å². The lowest BCUT2D eigenvalue weighted by Gasteiger charge is -2.18. The van der Waals surface area contributed by atoms with E-state index in [2.05, 4.69) is 63.4 Å². The minimum absolute atomic E-state index is 0.410. The molecule has 0 fully saturated rings. The second kappa shape index (κ2) is 19.2. The van der Waals surface area contributed by atoms with E-state index in [-0.39, 0.29) is 0 Å². The summed E-state index contributed by atoms with van der Waals surface area (Å²) < 4.78 is 0. The molecule has 0 aliphatic carbocycles. The molecule has 0 amide bonds. The fraction of sp³-hybridized carbons (Fsp3) is 0.786. The Balaban J connectivity index is 2.30. The lowest BCUT2D eigenvalue weighted by Crippen LogP contribution is -2.03. The largest absolute Gasteiger partial charge is 0.508 e. The van der Waals surface area contributed by atoms with Crippen LogP contribution in [-0.4, -0.2) is 28.1 Å². The third kappa shape index (κ3) is 13.8. The molecule has 0 aliphatic heterocycles. The molecule has 31 heavy (non-hydrogen) atoms. The average Bonchev–Trinajstić information content (AvgIpc) is 2.77. The summed E-state index contributed by atoms with van der Waals surface area (Å²) in [6.07, 6.45) is 16.5. The quantitative estimate of drug-likeness (QED) is 0.193. The maximum absolute atomic E-state index is 10.4. The second-order valence-electron chi connectivity index (χ2n) is 9.31. The van der Waals surface area contributed by atoms with E-state index in [9.17, 15) is 5.11 Å². The van der Waals surface area contributed by atoms with E-state index in [4.69, 9.17) is 0 Å². The van der Waals surface area contributed by atoms with Crippen LogP contribution >= 0.6 is 23.5 Å². The van der Waals surface area contributed by atoms with Crippen LogP contribution < -0.4 is 0 Å². The molecule has 1 aromatic carbocycles. The van der Waals surface area contributed by atoms with Crippen molar-refractivity contribution >= 4 is 23.5 Å². The molecule has 1 N–H and O–H groups in total. The molecule has 0 radical (unpaired) electrons. The molecule has 0 aliphatic rings. The third-order valence-corrected chi connectivity index (χ3v) is 8.80. The number of unbranched alkanes of at least 4 members (excludes halogenated alkanes) is 10. The molecule has 3 heteroatoms. The van der Waals surface area contributed by atoms with E-state index < -0.39 is 0 Å². The summed E-state index contributed by atoms with van der Waals surface area (Å²) in [5, 5.41) is 10.4. The topological polar surface area (TPSA) is 20.2 Å². The van der Waals surface area contributed by atoms with Crippen molar-refractivity contribution in [3.63, 3.8) is 0 Å². The molecular formula is C28H50OS2. The highest BCUT2D eigenvalue weighted by molar-refractivity contribution is 7.99. The van der Waals surface area contributed by atoms with Crippen molar-refractivity contribution in [2.45, 2.75) is 117 Å². The molecule has 0 bridgehead atoms. The van der Waals surface area contributed by atoms with Crippen LogP contribution in [0.15, 0.2) is 18.2 Å². The van der Waals surface area contributed by atoms with E-state index >= 15 is 0 Å². The maximum atomic E-state index is 10.4. The Bertz CT molecular complexity index is 546. The molecule has 1 aromatic rings. The van der Waals surface area contributed by atoms with Crippen molar-refractivity contribution in [1.29, 1.82) is 0 Å². The summed E-state index contributed by atoms with van der Waals surface area (Å²) in [4.78, 5) is 0. The number of phenols is 1. The number of rotatable bonds is 20. The summed E-state index contributed by atoms with van der Waals surface area (Å²) >= 11 is 4.15. The first-order chi connectivity index (χ1) is 15.1. The third-order valence-electron chi connectivity index (χ3n) is 6.17. The predicted molar refractivity (Wildman–Crippen MR) is 146 cm³/mol. The van der Waals surface area contributed by atoms with Gasteiger partial charge in [0.15, 0.2) is 0 Å². The van der Waals surface area contributed by atoms with Gasteiger partial charge < -0.3 is 5.11 Å². The zero-order chi connectivity index (χ0) is 22.7. The smallest absolute Gasteiger partial charge is 0.119 e. The summed E-state index contributed by atoms with van der Waals surface area (Å²) in [5.74, 6) is 6.26. The fourth-order valence-corrected chi connectivity index (χ4v) is 6.18. The van der Waals surface area contributed by atoms with Gasteiger partial charge in [0.05, 0.1) is 0 Å². The van der Waals surface area contributed by atoms with E-state index in [1.54, 1.807) is 0 Å². The molecule has 1 rings (SSSR count). The van der Waals surface area contributed by atoms with Crippen LogP contribution in [0.25, 0.3) is 0 Å². The van der Waals surface area contributed by atoms with Crippen molar-refractivity contribution < 1.29 is 5.11 Å². The minimum Gasteiger partial charge on any atom is -0.508 e. The van der Waals surface area contributed by atoms with Crippen molar-refractivity contribution in [2.75, 3.05) is 23.0 Å². The van der Waals surface area contributed by atoms with Gasteiger partial charge in [0.1, 0.15) is 5.75 Å². The summed E-state index contributed by atoms with van der Waals surface area (Å²) in [7, 11) is 0. The molecule has 0 aromatic heterocycles. The summed E-state index contributed by atoms with van der Waals surface area (Å²) in [6, 6.07) is 6.33. The van der Waals surface area contributed by atoms with E-state index in [0.717, 1.165) is 11.3 Å². The number of hydrogen-bond donors (Lipinski definition) is 1. The number of phenolic OH excluding ortho intramolecular Hbond substituents is 1. The zero-order valence-electron chi connectivity index (χ0n) is 21.0. The normalized spacial score (nSPS) is 13.4. The number of hydrogen-bond acceptors (Lipinski definition) is 3. The second-order valence-corrected chi connectivity index (χ2v) is 11.6. The van der Waals surface area contributed by atoms with Crippen LogP contribution in [0.2, 0.25) is 0 Å². The van der Waals surface area contributed by atoms with Gasteiger partial charge in [-0.1, -0.05) is 104 Å². The van der Waals surface area contributed by atoms with Crippen LogP contribution in [0.1, 0.15) is 128 Å². The minimum atomic E-state index is 0.410. The maximum Gasteiger partial charge on any atom is 0.119 e.